The lowest BCUT2D eigenvalue weighted by atomic mass is 10.1. The molecule has 0 aromatic rings. The summed E-state index contributed by atoms with van der Waals surface area (Å²) in [6.07, 6.45) is 1.50. The average Bonchev–Trinajstić information content (AvgIpc) is 2.43. The van der Waals surface area contributed by atoms with Crippen LogP contribution < -0.4 is 0 Å². The first-order valence-electron chi connectivity index (χ1n) is 4.54. The van der Waals surface area contributed by atoms with Gasteiger partial charge in [0, 0.05) is 6.42 Å². The van der Waals surface area contributed by atoms with Crippen LogP contribution in [-0.2, 0) is 9.47 Å². The summed E-state index contributed by atoms with van der Waals surface area (Å²) in [7, 11) is 0. The van der Waals surface area contributed by atoms with E-state index in [9.17, 15) is 5.11 Å². The summed E-state index contributed by atoms with van der Waals surface area (Å²) in [6.45, 7) is 5.27. The Balaban J connectivity index is 1.94. The van der Waals surface area contributed by atoms with Crippen molar-refractivity contribution in [1.29, 1.82) is 0 Å². The molecule has 0 spiro atoms. The zero-order valence-electron chi connectivity index (χ0n) is 7.67. The van der Waals surface area contributed by atoms with Crippen molar-refractivity contribution in [1.82, 2.24) is 0 Å². The summed E-state index contributed by atoms with van der Waals surface area (Å²) in [5, 5.41) is 9.86. The molecule has 2 aliphatic rings. The Morgan fingerprint density at radius 1 is 1.42 bits per heavy atom. The van der Waals surface area contributed by atoms with E-state index in [1.54, 1.807) is 0 Å². The minimum atomic E-state index is -0.528. The Morgan fingerprint density at radius 2 is 1.92 bits per heavy atom. The molecule has 12 heavy (non-hydrogen) atoms. The molecule has 70 valence electrons. The van der Waals surface area contributed by atoms with Crippen molar-refractivity contribution in [3.8, 4) is 0 Å². The van der Waals surface area contributed by atoms with Crippen molar-refractivity contribution in [3.63, 3.8) is 0 Å². The highest BCUT2D eigenvalue weighted by atomic mass is 16.7. The molecule has 1 heterocycles. The van der Waals surface area contributed by atoms with Gasteiger partial charge in [-0.2, -0.15) is 0 Å². The number of rotatable bonds is 2. The molecule has 2 rings (SSSR count). The Kier molecular flexibility index (Phi) is 1.72. The van der Waals surface area contributed by atoms with Gasteiger partial charge in [0.15, 0.2) is 5.79 Å². The second-order valence-electron chi connectivity index (χ2n) is 4.22. The summed E-state index contributed by atoms with van der Waals surface area (Å²) >= 11 is 0. The topological polar surface area (TPSA) is 38.7 Å². The average molecular weight is 172 g/mol. The third-order valence-electron chi connectivity index (χ3n) is 2.94. The second kappa shape index (κ2) is 2.44. The molecule has 1 aliphatic heterocycles. The third-order valence-corrected chi connectivity index (χ3v) is 2.94. The molecule has 3 heteroatoms. The quantitative estimate of drug-likeness (QED) is 0.673. The minimum absolute atomic E-state index is 0.405. The molecule has 0 radical (unpaired) electrons. The van der Waals surface area contributed by atoms with Crippen LogP contribution in [0.5, 0.6) is 0 Å². The van der Waals surface area contributed by atoms with E-state index < -0.39 is 11.4 Å². The van der Waals surface area contributed by atoms with E-state index in [1.165, 1.54) is 0 Å². The van der Waals surface area contributed by atoms with Crippen molar-refractivity contribution < 1.29 is 14.6 Å². The van der Waals surface area contributed by atoms with E-state index in [4.69, 9.17) is 9.47 Å². The van der Waals surface area contributed by atoms with Gasteiger partial charge in [0.25, 0.3) is 0 Å². The third kappa shape index (κ3) is 1.37. The molecular weight excluding hydrogens is 156 g/mol. The van der Waals surface area contributed by atoms with Crippen LogP contribution in [-0.4, -0.2) is 29.7 Å². The lowest BCUT2D eigenvalue weighted by Crippen LogP contribution is -2.32. The number of ether oxygens (including phenoxy) is 2. The van der Waals surface area contributed by atoms with Crippen molar-refractivity contribution in [2.45, 2.75) is 38.1 Å². The molecule has 1 saturated heterocycles. The first-order chi connectivity index (χ1) is 5.54. The van der Waals surface area contributed by atoms with Gasteiger partial charge >= 0.3 is 0 Å². The van der Waals surface area contributed by atoms with Crippen LogP contribution in [0.3, 0.4) is 0 Å². The van der Waals surface area contributed by atoms with Gasteiger partial charge in [-0.05, 0) is 19.3 Å². The molecule has 1 saturated carbocycles. The predicted molar refractivity (Wildman–Crippen MR) is 43.7 cm³/mol. The lowest BCUT2D eigenvalue weighted by Gasteiger charge is -2.25. The Bertz CT molecular complexity index is 186. The fourth-order valence-corrected chi connectivity index (χ4v) is 1.93. The van der Waals surface area contributed by atoms with Gasteiger partial charge in [-0.1, -0.05) is 6.92 Å². The summed E-state index contributed by atoms with van der Waals surface area (Å²) in [5.74, 6) is -0.124. The molecule has 3 nitrogen and oxygen atoms in total. The summed E-state index contributed by atoms with van der Waals surface area (Å²) < 4.78 is 10.8. The molecule has 0 bridgehead atoms. The van der Waals surface area contributed by atoms with E-state index in [0.29, 0.717) is 25.6 Å². The van der Waals surface area contributed by atoms with E-state index in [-0.39, 0.29) is 0 Å². The van der Waals surface area contributed by atoms with Crippen LogP contribution in [0.2, 0.25) is 0 Å². The van der Waals surface area contributed by atoms with E-state index in [0.717, 1.165) is 6.42 Å². The first kappa shape index (κ1) is 8.48. The molecule has 0 amide bonds. The van der Waals surface area contributed by atoms with Gasteiger partial charge in [-0.15, -0.1) is 0 Å². The molecule has 2 unspecified atom stereocenters. The highest BCUT2D eigenvalue weighted by Crippen LogP contribution is 2.49. The van der Waals surface area contributed by atoms with Crippen LogP contribution in [0.1, 0.15) is 26.7 Å². The Labute approximate surface area is 72.7 Å². The fourth-order valence-electron chi connectivity index (χ4n) is 1.93. The van der Waals surface area contributed by atoms with Crippen molar-refractivity contribution in [3.05, 3.63) is 0 Å². The normalized spacial score (nSPS) is 44.8. The molecular formula is C9H16O3. The summed E-state index contributed by atoms with van der Waals surface area (Å²) in [4.78, 5) is 0. The monoisotopic (exact) mass is 172 g/mol. The summed E-state index contributed by atoms with van der Waals surface area (Å²) in [6, 6.07) is 0. The van der Waals surface area contributed by atoms with Crippen LogP contribution in [0.15, 0.2) is 0 Å². The maximum atomic E-state index is 9.86. The van der Waals surface area contributed by atoms with Gasteiger partial charge in [-0.3, -0.25) is 0 Å². The molecule has 0 aromatic heterocycles. The van der Waals surface area contributed by atoms with Gasteiger partial charge < -0.3 is 14.6 Å². The zero-order chi connectivity index (χ0) is 8.82. The van der Waals surface area contributed by atoms with Crippen LogP contribution in [0, 0.1) is 5.92 Å². The fraction of sp³-hybridized carbons (Fsp3) is 1.00. The second-order valence-corrected chi connectivity index (χ2v) is 4.22. The predicted octanol–water partition coefficient (Wildman–Crippen LogP) is 0.910. The Morgan fingerprint density at radius 3 is 2.33 bits per heavy atom. The number of hydrogen-bond donors (Lipinski definition) is 1. The highest BCUT2D eigenvalue weighted by molar-refractivity contribution is 5.03. The first-order valence-corrected chi connectivity index (χ1v) is 4.54. The number of aliphatic hydroxyl groups is 1. The lowest BCUT2D eigenvalue weighted by molar-refractivity contribution is -0.168. The zero-order valence-corrected chi connectivity index (χ0v) is 7.67. The van der Waals surface area contributed by atoms with Crippen LogP contribution >= 0.6 is 0 Å². The van der Waals surface area contributed by atoms with Crippen LogP contribution in [0.25, 0.3) is 0 Å². The maximum absolute atomic E-state index is 9.86. The van der Waals surface area contributed by atoms with Crippen molar-refractivity contribution >= 4 is 0 Å². The SMILES string of the molecule is CC1CC1(O)CC1(C)OCCO1. The van der Waals surface area contributed by atoms with E-state index in [1.807, 2.05) is 6.92 Å². The minimum Gasteiger partial charge on any atom is -0.389 e. The van der Waals surface area contributed by atoms with E-state index >= 15 is 0 Å². The van der Waals surface area contributed by atoms with Crippen LogP contribution in [0.4, 0.5) is 0 Å². The highest BCUT2D eigenvalue weighted by Gasteiger charge is 2.54. The Hall–Kier alpha value is -0.120. The van der Waals surface area contributed by atoms with Gasteiger partial charge in [-0.25, -0.2) is 0 Å². The molecule has 1 aliphatic carbocycles. The van der Waals surface area contributed by atoms with Gasteiger partial charge in [0.1, 0.15) is 0 Å². The standard InChI is InChI=1S/C9H16O3/c1-7-5-9(7,10)6-8(2)11-3-4-12-8/h7,10H,3-6H2,1-2H3. The molecule has 2 fully saturated rings. The van der Waals surface area contributed by atoms with Gasteiger partial charge in [0.05, 0.1) is 18.8 Å². The summed E-state index contributed by atoms with van der Waals surface area (Å²) in [5.41, 5.74) is -0.515. The van der Waals surface area contributed by atoms with Crippen molar-refractivity contribution in [2.75, 3.05) is 13.2 Å². The molecule has 2 atom stereocenters. The largest absolute Gasteiger partial charge is 0.389 e. The van der Waals surface area contributed by atoms with Gasteiger partial charge in [0.2, 0.25) is 0 Å². The van der Waals surface area contributed by atoms with Crippen molar-refractivity contribution in [2.24, 2.45) is 5.92 Å². The molecule has 0 aromatic carbocycles. The number of hydrogen-bond acceptors (Lipinski definition) is 3. The maximum Gasteiger partial charge on any atom is 0.168 e. The van der Waals surface area contributed by atoms with E-state index in [2.05, 4.69) is 6.92 Å². The molecule has 1 N–H and O–H groups in total. The smallest absolute Gasteiger partial charge is 0.168 e.